The second-order valence-corrected chi connectivity index (χ2v) is 6.84. The Bertz CT molecular complexity index is 1010. The molecule has 0 bridgehead atoms. The van der Waals surface area contributed by atoms with E-state index in [-0.39, 0.29) is 11.5 Å². The van der Waals surface area contributed by atoms with Crippen molar-refractivity contribution in [2.45, 2.75) is 20.3 Å². The largest absolute Gasteiger partial charge is 0.490 e. The van der Waals surface area contributed by atoms with Crippen LogP contribution in [-0.2, 0) is 20.7 Å². The minimum Gasteiger partial charge on any atom is -0.490 e. The van der Waals surface area contributed by atoms with Crippen molar-refractivity contribution in [2.75, 3.05) is 18.6 Å². The van der Waals surface area contributed by atoms with Gasteiger partial charge in [-0.2, -0.15) is 0 Å². The van der Waals surface area contributed by atoms with Gasteiger partial charge in [0.15, 0.2) is 0 Å². The number of esters is 1. The van der Waals surface area contributed by atoms with Gasteiger partial charge in [0.2, 0.25) is 0 Å². The summed E-state index contributed by atoms with van der Waals surface area (Å²) in [6.07, 6.45) is 4.29. The van der Waals surface area contributed by atoms with Crippen LogP contribution in [0, 0.1) is 0 Å². The lowest BCUT2D eigenvalue weighted by molar-refractivity contribution is -0.136. The highest BCUT2D eigenvalue weighted by molar-refractivity contribution is 6.23. The molecule has 0 saturated heterocycles. The van der Waals surface area contributed by atoms with Crippen LogP contribution in [0.2, 0.25) is 0 Å². The number of aryl methyl sites for hydroxylation is 1. The molecule has 0 spiro atoms. The average Bonchev–Trinajstić information content (AvgIpc) is 3.02. The van der Waals surface area contributed by atoms with Crippen molar-refractivity contribution in [2.24, 2.45) is 0 Å². The smallest absolute Gasteiger partial charge is 0.340 e. The number of allylic oxidation sites excluding steroid dienone is 1. The molecule has 0 atom stereocenters. The molecule has 5 heteroatoms. The summed E-state index contributed by atoms with van der Waals surface area (Å²) >= 11 is 0. The number of nitrogens with zero attached hydrogens (tertiary/aromatic N) is 1. The molecule has 0 radical (unpaired) electrons. The molecule has 2 aromatic carbocycles. The van der Waals surface area contributed by atoms with Gasteiger partial charge in [0, 0.05) is 11.4 Å². The van der Waals surface area contributed by atoms with E-state index >= 15 is 0 Å². The maximum atomic E-state index is 13.3. The van der Waals surface area contributed by atoms with Crippen molar-refractivity contribution in [3.05, 3.63) is 89.2 Å². The van der Waals surface area contributed by atoms with Crippen LogP contribution in [0.1, 0.15) is 25.0 Å². The van der Waals surface area contributed by atoms with E-state index in [1.54, 1.807) is 24.0 Å². The van der Waals surface area contributed by atoms with Gasteiger partial charge in [-0.25, -0.2) is 4.79 Å². The Morgan fingerprint density at radius 3 is 2.33 bits per heavy atom. The molecule has 154 valence electrons. The van der Waals surface area contributed by atoms with Crippen LogP contribution >= 0.6 is 0 Å². The van der Waals surface area contributed by atoms with Gasteiger partial charge < -0.3 is 9.47 Å². The molecule has 0 aliphatic carbocycles. The lowest BCUT2D eigenvalue weighted by Gasteiger charge is -2.18. The number of ether oxygens (including phenoxy) is 2. The first-order valence-electron chi connectivity index (χ1n) is 9.78. The Morgan fingerprint density at radius 2 is 1.77 bits per heavy atom. The van der Waals surface area contributed by atoms with Crippen molar-refractivity contribution in [3.8, 4) is 5.75 Å². The third-order valence-electron chi connectivity index (χ3n) is 4.95. The molecular weight excluding hydrogens is 378 g/mol. The molecule has 1 heterocycles. The standard InChI is InChI=1S/C25H25NO4/c1-5-15-30-21-13-9-19(10-14-21)16-22-23(25(28)29-4)17(3)26(24(22)27)20-11-7-18(6-2)8-12-20/h5,7-14,16H,1,6,15H2,2-4H3/b22-16-. The number of hydrogen-bond acceptors (Lipinski definition) is 4. The van der Waals surface area contributed by atoms with Crippen molar-refractivity contribution < 1.29 is 19.1 Å². The molecule has 0 fully saturated rings. The van der Waals surface area contributed by atoms with Gasteiger partial charge in [-0.15, -0.1) is 0 Å². The van der Waals surface area contributed by atoms with E-state index in [0.29, 0.717) is 29.3 Å². The minimum absolute atomic E-state index is 0.260. The van der Waals surface area contributed by atoms with E-state index < -0.39 is 5.97 Å². The Labute approximate surface area is 176 Å². The third kappa shape index (κ3) is 4.20. The lowest BCUT2D eigenvalue weighted by Crippen LogP contribution is -2.24. The summed E-state index contributed by atoms with van der Waals surface area (Å²) < 4.78 is 10.5. The van der Waals surface area contributed by atoms with Gasteiger partial charge in [-0.3, -0.25) is 9.69 Å². The first-order valence-corrected chi connectivity index (χ1v) is 9.78. The Hall–Kier alpha value is -3.60. The summed E-state index contributed by atoms with van der Waals surface area (Å²) in [4.78, 5) is 27.3. The van der Waals surface area contributed by atoms with Crippen molar-refractivity contribution in [3.63, 3.8) is 0 Å². The van der Waals surface area contributed by atoms with Crippen LogP contribution in [0.3, 0.4) is 0 Å². The monoisotopic (exact) mass is 403 g/mol. The van der Waals surface area contributed by atoms with Crippen LogP contribution in [0.15, 0.2) is 78.0 Å². The quantitative estimate of drug-likeness (QED) is 0.382. The number of anilines is 1. The fourth-order valence-electron chi connectivity index (χ4n) is 3.35. The summed E-state index contributed by atoms with van der Waals surface area (Å²) in [7, 11) is 1.31. The Morgan fingerprint density at radius 1 is 1.10 bits per heavy atom. The molecule has 30 heavy (non-hydrogen) atoms. The SMILES string of the molecule is C=CCOc1ccc(/C=C2\C(=O)N(c3ccc(CC)cc3)C(C)=C2C(=O)OC)cc1. The number of rotatable bonds is 7. The van der Waals surface area contributed by atoms with Gasteiger partial charge in [0.05, 0.1) is 18.3 Å². The van der Waals surface area contributed by atoms with E-state index in [0.717, 1.165) is 12.0 Å². The van der Waals surface area contributed by atoms with E-state index in [4.69, 9.17) is 9.47 Å². The van der Waals surface area contributed by atoms with E-state index in [9.17, 15) is 9.59 Å². The minimum atomic E-state index is -0.536. The predicted octanol–water partition coefficient (Wildman–Crippen LogP) is 4.69. The van der Waals surface area contributed by atoms with Crippen LogP contribution in [-0.4, -0.2) is 25.6 Å². The third-order valence-corrected chi connectivity index (χ3v) is 4.95. The zero-order valence-electron chi connectivity index (χ0n) is 17.5. The summed E-state index contributed by atoms with van der Waals surface area (Å²) in [6.45, 7) is 7.87. The van der Waals surface area contributed by atoms with E-state index in [1.807, 2.05) is 48.5 Å². The van der Waals surface area contributed by atoms with Crippen LogP contribution < -0.4 is 9.64 Å². The highest BCUT2D eigenvalue weighted by Crippen LogP contribution is 2.35. The molecule has 0 unspecified atom stereocenters. The molecule has 1 aliphatic rings. The second kappa shape index (κ2) is 9.27. The highest BCUT2D eigenvalue weighted by Gasteiger charge is 2.37. The van der Waals surface area contributed by atoms with Gasteiger partial charge in [0.25, 0.3) is 5.91 Å². The van der Waals surface area contributed by atoms with Gasteiger partial charge >= 0.3 is 5.97 Å². The summed E-state index contributed by atoms with van der Waals surface area (Å²) in [5.74, 6) is -0.0952. The first-order chi connectivity index (χ1) is 14.5. The summed E-state index contributed by atoms with van der Waals surface area (Å²) in [5.41, 5.74) is 3.80. The lowest BCUT2D eigenvalue weighted by atomic mass is 10.0. The molecule has 3 rings (SSSR count). The average molecular weight is 403 g/mol. The number of carbonyl (C=O) groups excluding carboxylic acids is 2. The normalized spacial score (nSPS) is 15.0. The van der Waals surface area contributed by atoms with Crippen molar-refractivity contribution in [1.82, 2.24) is 0 Å². The zero-order valence-corrected chi connectivity index (χ0v) is 17.5. The number of benzene rings is 2. The topological polar surface area (TPSA) is 55.8 Å². The molecule has 1 amide bonds. The molecule has 0 N–H and O–H groups in total. The predicted molar refractivity (Wildman–Crippen MR) is 118 cm³/mol. The molecular formula is C25H25NO4. The van der Waals surface area contributed by atoms with Gasteiger partial charge in [-0.1, -0.05) is 43.8 Å². The number of amides is 1. The molecule has 0 saturated carbocycles. The fraction of sp³-hybridized carbons (Fsp3) is 0.200. The second-order valence-electron chi connectivity index (χ2n) is 6.84. The van der Waals surface area contributed by atoms with Crippen molar-refractivity contribution >= 4 is 23.6 Å². The van der Waals surface area contributed by atoms with Crippen LogP contribution in [0.4, 0.5) is 5.69 Å². The van der Waals surface area contributed by atoms with Crippen molar-refractivity contribution in [1.29, 1.82) is 0 Å². The molecule has 0 aromatic heterocycles. The molecule has 5 nitrogen and oxygen atoms in total. The highest BCUT2D eigenvalue weighted by atomic mass is 16.5. The fourth-order valence-corrected chi connectivity index (χ4v) is 3.35. The van der Waals surface area contributed by atoms with Gasteiger partial charge in [0.1, 0.15) is 12.4 Å². The first kappa shape index (κ1) is 21.1. The van der Waals surface area contributed by atoms with E-state index in [2.05, 4.69) is 13.5 Å². The van der Waals surface area contributed by atoms with Crippen LogP contribution in [0.5, 0.6) is 5.75 Å². The maximum Gasteiger partial charge on any atom is 0.340 e. The van der Waals surface area contributed by atoms with E-state index in [1.165, 1.54) is 12.7 Å². The molecule has 1 aliphatic heterocycles. The maximum absolute atomic E-state index is 13.3. The summed E-state index contributed by atoms with van der Waals surface area (Å²) in [6, 6.07) is 15.0. The molecule has 2 aromatic rings. The van der Waals surface area contributed by atoms with Crippen LogP contribution in [0.25, 0.3) is 6.08 Å². The number of hydrogen-bond donors (Lipinski definition) is 0. The van der Waals surface area contributed by atoms with Gasteiger partial charge in [-0.05, 0) is 54.8 Å². The summed E-state index contributed by atoms with van der Waals surface area (Å²) in [5, 5.41) is 0. The zero-order chi connectivity index (χ0) is 21.7. The number of methoxy groups -OCH3 is 1. The number of carbonyl (C=O) groups is 2. The Kier molecular flexibility index (Phi) is 6.52. The Balaban J connectivity index is 2.00.